The van der Waals surface area contributed by atoms with Crippen LogP contribution in [-0.4, -0.2) is 64.4 Å². The van der Waals surface area contributed by atoms with E-state index in [0.717, 1.165) is 44.9 Å². The van der Waals surface area contributed by atoms with E-state index in [0.29, 0.717) is 18.8 Å². The molecule has 0 aromatic carbocycles. The van der Waals surface area contributed by atoms with Crippen LogP contribution in [0.25, 0.3) is 0 Å². The van der Waals surface area contributed by atoms with Gasteiger partial charge in [-0.05, 0) is 104 Å². The number of aliphatic hydroxyl groups is 4. The largest absolute Gasteiger partial charge is 0.397 e. The molecule has 4 rings (SSSR count). The molecule has 4 aliphatic rings. The molecule has 8 nitrogen and oxygen atoms in total. The fraction of sp³-hybridized carbons (Fsp3) is 1.00. The SMILES string of the molecule is CC(COS(=O)(=O)O)[C@H](O)CC[C@@H](C)[C@H]1CC[C@H]2[C@@H]3[C@H](O)CC4C[C@H](O)CC[C@]4(C)[C@H]3C[C@H](O)[C@]12C. The van der Waals surface area contributed by atoms with Gasteiger partial charge in [-0.3, -0.25) is 4.55 Å². The van der Waals surface area contributed by atoms with Crippen molar-refractivity contribution in [2.24, 2.45) is 52.3 Å². The molecular weight excluding hydrogens is 484 g/mol. The minimum absolute atomic E-state index is 0.0551. The van der Waals surface area contributed by atoms with Gasteiger partial charge in [-0.15, -0.1) is 0 Å². The summed E-state index contributed by atoms with van der Waals surface area (Å²) >= 11 is 0. The normalized spacial score (nSPS) is 47.4. The van der Waals surface area contributed by atoms with Crippen molar-refractivity contribution in [1.29, 1.82) is 0 Å². The highest BCUT2D eigenvalue weighted by molar-refractivity contribution is 7.80. The van der Waals surface area contributed by atoms with Crippen LogP contribution in [0.2, 0.25) is 0 Å². The van der Waals surface area contributed by atoms with Crippen LogP contribution in [0.4, 0.5) is 0 Å². The molecule has 0 saturated heterocycles. The minimum Gasteiger partial charge on any atom is -0.393 e. The van der Waals surface area contributed by atoms with Crippen LogP contribution in [0.1, 0.15) is 85.5 Å². The highest BCUT2D eigenvalue weighted by atomic mass is 32.3. The number of hydrogen-bond donors (Lipinski definition) is 5. The van der Waals surface area contributed by atoms with Gasteiger partial charge in [0.05, 0.1) is 31.0 Å². The van der Waals surface area contributed by atoms with Gasteiger partial charge in [0.15, 0.2) is 0 Å². The monoisotopic (exact) mass is 532 g/mol. The zero-order chi connectivity index (χ0) is 26.6. The van der Waals surface area contributed by atoms with Crippen LogP contribution in [0.5, 0.6) is 0 Å². The third-order valence-corrected chi connectivity index (χ3v) is 12.0. The first-order valence-electron chi connectivity index (χ1n) is 14.0. The summed E-state index contributed by atoms with van der Waals surface area (Å²) in [6, 6.07) is 0. The number of hydrogen-bond acceptors (Lipinski definition) is 7. The molecule has 5 N–H and O–H groups in total. The average molecular weight is 533 g/mol. The van der Waals surface area contributed by atoms with Crippen LogP contribution in [0.3, 0.4) is 0 Å². The first kappa shape index (κ1) is 28.7. The van der Waals surface area contributed by atoms with Crippen LogP contribution in [0.15, 0.2) is 0 Å². The summed E-state index contributed by atoms with van der Waals surface area (Å²) in [6.45, 7) is 8.17. The molecule has 4 aliphatic carbocycles. The Kier molecular flexibility index (Phi) is 8.26. The molecule has 0 bridgehead atoms. The van der Waals surface area contributed by atoms with Gasteiger partial charge in [0, 0.05) is 5.92 Å². The average Bonchev–Trinajstić information content (AvgIpc) is 3.15. The Hall–Kier alpha value is -0.290. The summed E-state index contributed by atoms with van der Waals surface area (Å²) in [4.78, 5) is 0. The maximum absolute atomic E-state index is 11.7. The van der Waals surface area contributed by atoms with Gasteiger partial charge < -0.3 is 20.4 Å². The molecule has 36 heavy (non-hydrogen) atoms. The molecule has 0 radical (unpaired) electrons. The molecular formula is C27H48O8S. The van der Waals surface area contributed by atoms with Crippen molar-refractivity contribution >= 4 is 10.4 Å². The van der Waals surface area contributed by atoms with E-state index in [4.69, 9.17) is 4.55 Å². The summed E-state index contributed by atoms with van der Waals surface area (Å²) in [7, 11) is -4.53. The predicted molar refractivity (Wildman–Crippen MR) is 135 cm³/mol. The van der Waals surface area contributed by atoms with E-state index in [-0.39, 0.29) is 53.1 Å². The van der Waals surface area contributed by atoms with Crippen molar-refractivity contribution in [1.82, 2.24) is 0 Å². The minimum atomic E-state index is -4.53. The Morgan fingerprint density at radius 1 is 0.972 bits per heavy atom. The van der Waals surface area contributed by atoms with Crippen molar-refractivity contribution in [2.75, 3.05) is 6.61 Å². The van der Waals surface area contributed by atoms with Crippen LogP contribution in [0, 0.1) is 52.3 Å². The topological polar surface area (TPSA) is 145 Å². The Balaban J connectivity index is 1.44. The molecule has 0 amide bonds. The van der Waals surface area contributed by atoms with E-state index in [1.807, 2.05) is 0 Å². The molecule has 13 atom stereocenters. The van der Waals surface area contributed by atoms with Gasteiger partial charge >= 0.3 is 10.4 Å². The van der Waals surface area contributed by atoms with Crippen LogP contribution in [-0.2, 0) is 14.6 Å². The van der Waals surface area contributed by atoms with E-state index in [9.17, 15) is 28.8 Å². The molecule has 210 valence electrons. The van der Waals surface area contributed by atoms with E-state index in [2.05, 4.69) is 25.0 Å². The van der Waals surface area contributed by atoms with Gasteiger partial charge in [0.25, 0.3) is 0 Å². The molecule has 0 aromatic rings. The Morgan fingerprint density at radius 2 is 1.67 bits per heavy atom. The summed E-state index contributed by atoms with van der Waals surface area (Å²) in [6.07, 6.45) is 5.31. The first-order chi connectivity index (χ1) is 16.7. The van der Waals surface area contributed by atoms with Crippen LogP contribution >= 0.6 is 0 Å². The summed E-state index contributed by atoms with van der Waals surface area (Å²) in [5, 5.41) is 43.9. The van der Waals surface area contributed by atoms with Gasteiger partial charge in [-0.2, -0.15) is 8.42 Å². The Bertz CT molecular complexity index is 881. The molecule has 4 saturated carbocycles. The second-order valence-electron chi connectivity index (χ2n) is 13.3. The quantitative estimate of drug-likeness (QED) is 0.300. The number of rotatable bonds is 8. The molecule has 9 heteroatoms. The second-order valence-corrected chi connectivity index (χ2v) is 14.4. The number of fused-ring (bicyclic) bond motifs is 5. The zero-order valence-corrected chi connectivity index (χ0v) is 23.1. The molecule has 2 unspecified atom stereocenters. The number of aliphatic hydroxyl groups excluding tert-OH is 4. The van der Waals surface area contributed by atoms with Crippen molar-refractivity contribution in [3.63, 3.8) is 0 Å². The van der Waals surface area contributed by atoms with Crippen molar-refractivity contribution in [3.05, 3.63) is 0 Å². The van der Waals surface area contributed by atoms with E-state index in [1.54, 1.807) is 6.92 Å². The smallest absolute Gasteiger partial charge is 0.393 e. The maximum atomic E-state index is 11.7. The lowest BCUT2D eigenvalue weighted by molar-refractivity contribution is -0.207. The molecule has 0 heterocycles. The fourth-order valence-corrected chi connectivity index (χ4v) is 9.74. The molecule has 4 fully saturated rings. The standard InChI is InChI=1S/C27H48O8S/c1-15(5-8-22(29)16(2)14-35-36(32,33)34)19-6-7-20-25-21(13-24(31)27(19,20)4)26(3)10-9-18(28)11-17(26)12-23(25)30/h15-25,28-31H,5-14H2,1-4H3,(H,32,33,34)/t15-,16?,17?,18-,19-,20+,21+,22-,23-,24+,25+,26+,27-/m1/s1. The zero-order valence-electron chi connectivity index (χ0n) is 22.3. The van der Waals surface area contributed by atoms with Gasteiger partial charge in [-0.1, -0.05) is 27.7 Å². The summed E-state index contributed by atoms with van der Waals surface area (Å²) in [5.74, 6) is 1.10. The van der Waals surface area contributed by atoms with Gasteiger partial charge in [0.2, 0.25) is 0 Å². The molecule has 0 aliphatic heterocycles. The fourth-order valence-electron chi connectivity index (χ4n) is 9.36. The van der Waals surface area contributed by atoms with Gasteiger partial charge in [-0.25, -0.2) is 4.18 Å². The molecule has 0 spiro atoms. The summed E-state index contributed by atoms with van der Waals surface area (Å²) < 4.78 is 34.9. The molecule has 0 aromatic heterocycles. The van der Waals surface area contributed by atoms with E-state index < -0.39 is 34.6 Å². The maximum Gasteiger partial charge on any atom is 0.397 e. The summed E-state index contributed by atoms with van der Waals surface area (Å²) in [5.41, 5.74) is -0.233. The van der Waals surface area contributed by atoms with Gasteiger partial charge in [0.1, 0.15) is 0 Å². The van der Waals surface area contributed by atoms with Crippen molar-refractivity contribution in [2.45, 2.75) is 110 Å². The van der Waals surface area contributed by atoms with Crippen LogP contribution < -0.4 is 0 Å². The highest BCUT2D eigenvalue weighted by Crippen LogP contribution is 2.68. The second kappa shape index (κ2) is 10.4. The highest BCUT2D eigenvalue weighted by Gasteiger charge is 2.65. The lowest BCUT2D eigenvalue weighted by atomic mass is 9.43. The Morgan fingerprint density at radius 3 is 2.33 bits per heavy atom. The van der Waals surface area contributed by atoms with Crippen molar-refractivity contribution < 1.29 is 37.6 Å². The third kappa shape index (κ3) is 5.15. The predicted octanol–water partition coefficient (Wildman–Crippen LogP) is 3.18. The first-order valence-corrected chi connectivity index (χ1v) is 15.4. The lowest BCUT2D eigenvalue weighted by Gasteiger charge is -2.63. The Labute approximate surface area is 216 Å². The van der Waals surface area contributed by atoms with E-state index >= 15 is 0 Å². The lowest BCUT2D eigenvalue weighted by Crippen LogP contribution is -2.62. The third-order valence-electron chi connectivity index (χ3n) is 11.6. The van der Waals surface area contributed by atoms with Crippen molar-refractivity contribution in [3.8, 4) is 0 Å². The van der Waals surface area contributed by atoms with E-state index in [1.165, 1.54) is 0 Å².